The minimum Gasteiger partial charge on any atom is -0.361 e. The lowest BCUT2D eigenvalue weighted by Crippen LogP contribution is -2.11. The van der Waals surface area contributed by atoms with Gasteiger partial charge < -0.3 is 5.32 Å². The van der Waals surface area contributed by atoms with Gasteiger partial charge in [0.05, 0.1) is 10.2 Å². The molecular formula is C15H19BrN2S. The first-order valence-corrected chi connectivity index (χ1v) is 8.72. The molecule has 2 nitrogen and oxygen atoms in total. The van der Waals surface area contributed by atoms with Gasteiger partial charge in [0.15, 0.2) is 5.13 Å². The van der Waals surface area contributed by atoms with Gasteiger partial charge in [0.25, 0.3) is 0 Å². The van der Waals surface area contributed by atoms with E-state index in [9.17, 15) is 0 Å². The Morgan fingerprint density at radius 1 is 1.26 bits per heavy atom. The van der Waals surface area contributed by atoms with Gasteiger partial charge in [-0.3, -0.25) is 0 Å². The number of nitrogens with zero attached hydrogens (tertiary/aromatic N) is 1. The van der Waals surface area contributed by atoms with Crippen LogP contribution in [-0.2, 0) is 0 Å². The fourth-order valence-electron chi connectivity index (χ4n) is 2.84. The first-order valence-electron chi connectivity index (χ1n) is 7.11. The highest BCUT2D eigenvalue weighted by Gasteiger charge is 2.13. The van der Waals surface area contributed by atoms with E-state index < -0.39 is 0 Å². The number of hydrogen-bond donors (Lipinski definition) is 1. The number of thiazole rings is 1. The van der Waals surface area contributed by atoms with Crippen molar-refractivity contribution in [2.45, 2.75) is 38.5 Å². The molecule has 0 saturated heterocycles. The maximum absolute atomic E-state index is 4.63. The van der Waals surface area contributed by atoms with E-state index in [1.54, 1.807) is 11.3 Å². The van der Waals surface area contributed by atoms with Crippen molar-refractivity contribution in [1.82, 2.24) is 4.98 Å². The zero-order chi connectivity index (χ0) is 13.1. The van der Waals surface area contributed by atoms with Crippen LogP contribution in [0.3, 0.4) is 0 Å². The Morgan fingerprint density at radius 3 is 2.95 bits per heavy atom. The van der Waals surface area contributed by atoms with Gasteiger partial charge in [0, 0.05) is 11.0 Å². The molecule has 1 heterocycles. The molecule has 0 atom stereocenters. The fourth-order valence-corrected chi connectivity index (χ4v) is 4.06. The maximum atomic E-state index is 4.63. The number of anilines is 1. The Morgan fingerprint density at radius 2 is 2.11 bits per heavy atom. The molecule has 3 rings (SSSR count). The van der Waals surface area contributed by atoms with E-state index in [1.807, 2.05) is 0 Å². The van der Waals surface area contributed by atoms with Crippen molar-refractivity contribution in [2.24, 2.45) is 5.92 Å². The van der Waals surface area contributed by atoms with Gasteiger partial charge in [-0.2, -0.15) is 0 Å². The summed E-state index contributed by atoms with van der Waals surface area (Å²) in [6.07, 6.45) is 8.44. The number of fused-ring (bicyclic) bond motifs is 1. The van der Waals surface area contributed by atoms with Crippen molar-refractivity contribution in [2.75, 3.05) is 11.9 Å². The summed E-state index contributed by atoms with van der Waals surface area (Å²) >= 11 is 5.24. The van der Waals surface area contributed by atoms with E-state index in [-0.39, 0.29) is 0 Å². The van der Waals surface area contributed by atoms with Crippen LogP contribution in [0.4, 0.5) is 5.13 Å². The molecule has 1 aromatic heterocycles. The average molecular weight is 339 g/mol. The molecule has 19 heavy (non-hydrogen) atoms. The molecule has 1 aromatic carbocycles. The van der Waals surface area contributed by atoms with Gasteiger partial charge in [0.2, 0.25) is 0 Å². The predicted octanol–water partition coefficient (Wildman–Crippen LogP) is 5.44. The Labute approximate surface area is 126 Å². The fraction of sp³-hybridized carbons (Fsp3) is 0.533. The Hall–Kier alpha value is -0.610. The van der Waals surface area contributed by atoms with Gasteiger partial charge in [-0.25, -0.2) is 4.98 Å². The molecule has 0 aliphatic heterocycles. The molecule has 0 spiro atoms. The molecule has 1 fully saturated rings. The molecule has 0 radical (unpaired) electrons. The summed E-state index contributed by atoms with van der Waals surface area (Å²) in [5.41, 5.74) is 1.08. The minimum atomic E-state index is 0.935. The number of nitrogens with one attached hydrogen (secondary N) is 1. The molecule has 4 heteroatoms. The Bertz CT molecular complexity index is 546. The molecule has 0 unspecified atom stereocenters. The molecule has 1 aliphatic rings. The van der Waals surface area contributed by atoms with Crippen LogP contribution in [0.1, 0.15) is 38.5 Å². The van der Waals surface area contributed by atoms with E-state index in [0.29, 0.717) is 0 Å². The molecule has 1 aliphatic carbocycles. The quantitative estimate of drug-likeness (QED) is 0.802. The van der Waals surface area contributed by atoms with E-state index in [0.717, 1.165) is 27.6 Å². The number of halogens is 1. The summed E-state index contributed by atoms with van der Waals surface area (Å²) in [7, 11) is 0. The second kappa shape index (κ2) is 6.23. The summed E-state index contributed by atoms with van der Waals surface area (Å²) in [6.45, 7) is 1.06. The number of hydrogen-bond acceptors (Lipinski definition) is 3. The average Bonchev–Trinajstić information content (AvgIpc) is 2.82. The highest BCUT2D eigenvalue weighted by molar-refractivity contribution is 9.10. The van der Waals surface area contributed by atoms with Gasteiger partial charge in [-0.15, -0.1) is 0 Å². The zero-order valence-corrected chi connectivity index (χ0v) is 13.4. The summed E-state index contributed by atoms with van der Waals surface area (Å²) in [5, 5.41) is 4.55. The van der Waals surface area contributed by atoms with Crippen molar-refractivity contribution < 1.29 is 0 Å². The first kappa shape index (κ1) is 13.4. The lowest BCUT2D eigenvalue weighted by atomic mass is 9.87. The number of rotatable bonds is 4. The third-order valence-corrected chi connectivity index (χ3v) is 5.39. The summed E-state index contributed by atoms with van der Waals surface area (Å²) in [4.78, 5) is 4.63. The molecule has 0 bridgehead atoms. The third kappa shape index (κ3) is 3.48. The molecule has 0 amide bonds. The predicted molar refractivity (Wildman–Crippen MR) is 87.0 cm³/mol. The number of benzene rings is 1. The molecule has 1 N–H and O–H groups in total. The van der Waals surface area contributed by atoms with Crippen LogP contribution in [0.5, 0.6) is 0 Å². The van der Waals surface area contributed by atoms with E-state index in [2.05, 4.69) is 44.4 Å². The Kier molecular flexibility index (Phi) is 4.38. The Balaban J connectivity index is 1.56. The van der Waals surface area contributed by atoms with Gasteiger partial charge in [0.1, 0.15) is 0 Å². The SMILES string of the molecule is Brc1ccc2sc(NCCC3CCCCC3)nc2c1. The first-order chi connectivity index (χ1) is 9.31. The standard InChI is InChI=1S/C15H19BrN2S/c16-12-6-7-14-13(10-12)18-15(19-14)17-9-8-11-4-2-1-3-5-11/h6-7,10-11H,1-5,8-9H2,(H,17,18). The van der Waals surface area contributed by atoms with E-state index in [4.69, 9.17) is 0 Å². The largest absolute Gasteiger partial charge is 0.361 e. The summed E-state index contributed by atoms with van der Waals surface area (Å²) in [6, 6.07) is 6.29. The summed E-state index contributed by atoms with van der Waals surface area (Å²) < 4.78 is 2.35. The van der Waals surface area contributed by atoms with Crippen LogP contribution in [-0.4, -0.2) is 11.5 Å². The van der Waals surface area contributed by atoms with Crippen LogP contribution in [0.2, 0.25) is 0 Å². The normalized spacial score (nSPS) is 16.9. The van der Waals surface area contributed by atoms with E-state index in [1.165, 1.54) is 43.2 Å². The third-order valence-electron chi connectivity index (χ3n) is 3.90. The second-order valence-corrected chi connectivity index (χ2v) is 7.30. The molecular weight excluding hydrogens is 320 g/mol. The van der Waals surface area contributed by atoms with Crippen LogP contribution in [0.15, 0.2) is 22.7 Å². The van der Waals surface area contributed by atoms with Crippen molar-refractivity contribution >= 4 is 42.6 Å². The van der Waals surface area contributed by atoms with Gasteiger partial charge in [-0.05, 0) is 30.5 Å². The van der Waals surface area contributed by atoms with E-state index >= 15 is 0 Å². The smallest absolute Gasteiger partial charge is 0.183 e. The van der Waals surface area contributed by atoms with Crippen molar-refractivity contribution in [3.63, 3.8) is 0 Å². The van der Waals surface area contributed by atoms with Gasteiger partial charge in [-0.1, -0.05) is 59.4 Å². The number of aromatic nitrogens is 1. The summed E-state index contributed by atoms with van der Waals surface area (Å²) in [5.74, 6) is 0.935. The van der Waals surface area contributed by atoms with Crippen molar-refractivity contribution in [3.8, 4) is 0 Å². The second-order valence-electron chi connectivity index (χ2n) is 5.35. The maximum Gasteiger partial charge on any atom is 0.183 e. The molecule has 1 saturated carbocycles. The lowest BCUT2D eigenvalue weighted by Gasteiger charge is -2.21. The van der Waals surface area contributed by atoms with Crippen LogP contribution >= 0.6 is 27.3 Å². The van der Waals surface area contributed by atoms with Crippen LogP contribution in [0, 0.1) is 5.92 Å². The monoisotopic (exact) mass is 338 g/mol. The topological polar surface area (TPSA) is 24.9 Å². The van der Waals surface area contributed by atoms with Crippen LogP contribution < -0.4 is 5.32 Å². The van der Waals surface area contributed by atoms with Crippen molar-refractivity contribution in [3.05, 3.63) is 22.7 Å². The van der Waals surface area contributed by atoms with Gasteiger partial charge >= 0.3 is 0 Å². The zero-order valence-electron chi connectivity index (χ0n) is 11.0. The lowest BCUT2D eigenvalue weighted by molar-refractivity contribution is 0.345. The highest BCUT2D eigenvalue weighted by Crippen LogP contribution is 2.29. The van der Waals surface area contributed by atoms with Crippen LogP contribution in [0.25, 0.3) is 10.2 Å². The van der Waals surface area contributed by atoms with Crippen molar-refractivity contribution in [1.29, 1.82) is 0 Å². The molecule has 2 aromatic rings. The highest BCUT2D eigenvalue weighted by atomic mass is 79.9. The molecule has 102 valence electrons. The minimum absolute atomic E-state index is 0.935.